The van der Waals surface area contributed by atoms with Crippen molar-refractivity contribution in [1.82, 2.24) is 9.80 Å². The Balaban J connectivity index is 2.29. The molecule has 1 saturated heterocycles. The predicted octanol–water partition coefficient (Wildman–Crippen LogP) is 2.53. The first-order valence-electron chi connectivity index (χ1n) is 7.18. The molecule has 0 unspecified atom stereocenters. The summed E-state index contributed by atoms with van der Waals surface area (Å²) in [5, 5.41) is 2.00. The summed E-state index contributed by atoms with van der Waals surface area (Å²) in [6.45, 7) is 5.44. The lowest BCUT2D eigenvalue weighted by molar-refractivity contribution is -0.146. The minimum atomic E-state index is -0.115. The summed E-state index contributed by atoms with van der Waals surface area (Å²) in [5.41, 5.74) is 0. The number of hydrogen-bond donors (Lipinski definition) is 0. The number of hydrogen-bond acceptors (Lipinski definition) is 3. The Kier molecular flexibility index (Phi) is 4.81. The third kappa shape index (κ3) is 2.73. The topological polar surface area (TPSA) is 40.6 Å². The summed E-state index contributed by atoms with van der Waals surface area (Å²) >= 11 is 1.62. The van der Waals surface area contributed by atoms with Gasteiger partial charge in [-0.25, -0.2) is 0 Å². The zero-order chi connectivity index (χ0) is 14.7. The molecule has 2 amide bonds. The van der Waals surface area contributed by atoms with Crippen LogP contribution in [0.4, 0.5) is 0 Å². The number of amides is 2. The fraction of sp³-hybridized carbons (Fsp3) is 0.600. The molecule has 5 heteroatoms. The van der Waals surface area contributed by atoms with E-state index in [1.54, 1.807) is 16.2 Å². The molecule has 1 aromatic rings. The van der Waals surface area contributed by atoms with Crippen molar-refractivity contribution in [2.24, 2.45) is 5.92 Å². The lowest BCUT2D eigenvalue weighted by Crippen LogP contribution is -2.47. The molecular weight excluding hydrogens is 272 g/mol. The molecule has 110 valence electrons. The van der Waals surface area contributed by atoms with E-state index in [0.29, 0.717) is 12.8 Å². The van der Waals surface area contributed by atoms with E-state index >= 15 is 0 Å². The van der Waals surface area contributed by atoms with E-state index < -0.39 is 0 Å². The Morgan fingerprint density at radius 2 is 2.15 bits per heavy atom. The number of carbonyl (C=O) groups excluding carboxylic acids is 2. The van der Waals surface area contributed by atoms with E-state index in [1.807, 2.05) is 43.3 Å². The number of carbonyl (C=O) groups is 2. The monoisotopic (exact) mass is 294 g/mol. The lowest BCUT2D eigenvalue weighted by Gasteiger charge is -2.39. The van der Waals surface area contributed by atoms with Crippen molar-refractivity contribution in [3.05, 3.63) is 22.4 Å². The Hall–Kier alpha value is -1.36. The maximum Gasteiger partial charge on any atom is 0.228 e. The van der Waals surface area contributed by atoms with Crippen LogP contribution in [0, 0.1) is 5.92 Å². The van der Waals surface area contributed by atoms with Crippen LogP contribution in [0.15, 0.2) is 17.5 Å². The summed E-state index contributed by atoms with van der Waals surface area (Å²) in [4.78, 5) is 29.4. The molecule has 1 fully saturated rings. The van der Waals surface area contributed by atoms with Crippen LogP contribution in [0.25, 0.3) is 0 Å². The molecule has 0 saturated carbocycles. The Labute approximate surface area is 124 Å². The summed E-state index contributed by atoms with van der Waals surface area (Å²) < 4.78 is 0. The normalized spacial score (nSPS) is 22.9. The highest BCUT2D eigenvalue weighted by molar-refractivity contribution is 7.10. The van der Waals surface area contributed by atoms with Gasteiger partial charge in [0.05, 0.1) is 12.0 Å². The van der Waals surface area contributed by atoms with E-state index in [2.05, 4.69) is 0 Å². The Morgan fingerprint density at radius 1 is 1.45 bits per heavy atom. The summed E-state index contributed by atoms with van der Waals surface area (Å²) in [7, 11) is 1.81. The smallest absolute Gasteiger partial charge is 0.228 e. The standard InChI is InChI=1S/C15H22N2O2S/c1-4-17(5-2)15(19)11-8-9-13(18)16(3)14(11)12-7-6-10-20-12/h6-7,10-11,14H,4-5,8-9H2,1-3H3/t11-,14-/m1/s1. The van der Waals surface area contributed by atoms with Gasteiger partial charge in [0.15, 0.2) is 0 Å². The highest BCUT2D eigenvalue weighted by Crippen LogP contribution is 2.38. The van der Waals surface area contributed by atoms with E-state index in [1.165, 1.54) is 0 Å². The number of thiophene rings is 1. The zero-order valence-corrected chi connectivity index (χ0v) is 13.2. The average molecular weight is 294 g/mol. The molecule has 0 aliphatic carbocycles. The number of nitrogens with zero attached hydrogens (tertiary/aromatic N) is 2. The van der Waals surface area contributed by atoms with Crippen molar-refractivity contribution in [2.45, 2.75) is 32.7 Å². The molecular formula is C15H22N2O2S. The number of likely N-dealkylation sites (tertiary alicyclic amines) is 1. The van der Waals surface area contributed by atoms with Crippen molar-refractivity contribution in [2.75, 3.05) is 20.1 Å². The fourth-order valence-corrected chi connectivity index (χ4v) is 3.85. The largest absolute Gasteiger partial charge is 0.343 e. The third-order valence-electron chi connectivity index (χ3n) is 4.09. The second-order valence-corrected chi connectivity index (χ2v) is 6.10. The van der Waals surface area contributed by atoms with Gasteiger partial charge in [-0.15, -0.1) is 11.3 Å². The van der Waals surface area contributed by atoms with Crippen molar-refractivity contribution in [1.29, 1.82) is 0 Å². The predicted molar refractivity (Wildman–Crippen MR) is 80.5 cm³/mol. The van der Waals surface area contributed by atoms with Gasteiger partial charge in [0.2, 0.25) is 11.8 Å². The first kappa shape index (κ1) is 15.0. The van der Waals surface area contributed by atoms with E-state index in [9.17, 15) is 9.59 Å². The SMILES string of the molecule is CCN(CC)C(=O)[C@@H]1CCC(=O)N(C)[C@H]1c1cccs1. The Bertz CT molecular complexity index is 468. The number of piperidine rings is 1. The maximum absolute atomic E-state index is 12.7. The molecule has 4 nitrogen and oxygen atoms in total. The summed E-state index contributed by atoms with van der Waals surface area (Å²) in [6, 6.07) is 3.89. The molecule has 2 atom stereocenters. The summed E-state index contributed by atoms with van der Waals surface area (Å²) in [6.07, 6.45) is 1.12. The molecule has 2 rings (SSSR count). The van der Waals surface area contributed by atoms with Crippen LogP contribution in [0.5, 0.6) is 0 Å². The highest BCUT2D eigenvalue weighted by atomic mass is 32.1. The third-order valence-corrected chi connectivity index (χ3v) is 5.03. The van der Waals surface area contributed by atoms with Gasteiger partial charge in [0, 0.05) is 31.4 Å². The van der Waals surface area contributed by atoms with E-state index in [-0.39, 0.29) is 23.8 Å². The minimum absolute atomic E-state index is 0.107. The zero-order valence-electron chi connectivity index (χ0n) is 12.3. The first-order chi connectivity index (χ1) is 9.60. The van der Waals surface area contributed by atoms with Gasteiger partial charge in [-0.05, 0) is 31.7 Å². The van der Waals surface area contributed by atoms with Gasteiger partial charge in [-0.2, -0.15) is 0 Å². The molecule has 0 spiro atoms. The lowest BCUT2D eigenvalue weighted by atomic mass is 9.86. The van der Waals surface area contributed by atoms with Crippen molar-refractivity contribution >= 4 is 23.2 Å². The van der Waals surface area contributed by atoms with Crippen LogP contribution < -0.4 is 0 Å². The average Bonchev–Trinajstić information content (AvgIpc) is 2.96. The molecule has 20 heavy (non-hydrogen) atoms. The summed E-state index contributed by atoms with van der Waals surface area (Å²) in [5.74, 6) is 0.191. The quantitative estimate of drug-likeness (QED) is 0.856. The molecule has 0 bridgehead atoms. The molecule has 2 heterocycles. The molecule has 0 N–H and O–H groups in total. The fourth-order valence-electron chi connectivity index (χ4n) is 2.92. The van der Waals surface area contributed by atoms with Gasteiger partial charge in [-0.3, -0.25) is 9.59 Å². The van der Waals surface area contributed by atoms with Gasteiger partial charge in [-0.1, -0.05) is 6.07 Å². The van der Waals surface area contributed by atoms with Gasteiger partial charge in [0.25, 0.3) is 0 Å². The van der Waals surface area contributed by atoms with Crippen LogP contribution in [0.3, 0.4) is 0 Å². The van der Waals surface area contributed by atoms with E-state index in [4.69, 9.17) is 0 Å². The Morgan fingerprint density at radius 3 is 2.70 bits per heavy atom. The van der Waals surface area contributed by atoms with Crippen LogP contribution in [-0.4, -0.2) is 41.8 Å². The minimum Gasteiger partial charge on any atom is -0.343 e. The van der Waals surface area contributed by atoms with E-state index in [0.717, 1.165) is 18.0 Å². The highest BCUT2D eigenvalue weighted by Gasteiger charge is 2.40. The van der Waals surface area contributed by atoms with Gasteiger partial charge < -0.3 is 9.80 Å². The van der Waals surface area contributed by atoms with Crippen LogP contribution in [0.2, 0.25) is 0 Å². The van der Waals surface area contributed by atoms with Crippen molar-refractivity contribution in [3.8, 4) is 0 Å². The number of rotatable bonds is 4. The first-order valence-corrected chi connectivity index (χ1v) is 8.05. The van der Waals surface area contributed by atoms with Gasteiger partial charge >= 0.3 is 0 Å². The molecule has 1 aliphatic rings. The van der Waals surface area contributed by atoms with Crippen molar-refractivity contribution in [3.63, 3.8) is 0 Å². The van der Waals surface area contributed by atoms with Crippen LogP contribution >= 0.6 is 11.3 Å². The van der Waals surface area contributed by atoms with Gasteiger partial charge in [0.1, 0.15) is 0 Å². The maximum atomic E-state index is 12.7. The van der Waals surface area contributed by atoms with Crippen molar-refractivity contribution < 1.29 is 9.59 Å². The van der Waals surface area contributed by atoms with Crippen LogP contribution in [-0.2, 0) is 9.59 Å². The molecule has 1 aromatic heterocycles. The molecule has 0 radical (unpaired) electrons. The van der Waals surface area contributed by atoms with Crippen LogP contribution in [0.1, 0.15) is 37.6 Å². The molecule has 0 aromatic carbocycles. The molecule has 1 aliphatic heterocycles. The second kappa shape index (κ2) is 6.39. The second-order valence-electron chi connectivity index (χ2n) is 5.12.